The number of benzene rings is 1. The minimum absolute atomic E-state index is 0.0615. The van der Waals surface area contributed by atoms with Crippen molar-refractivity contribution >= 4 is 0 Å². The fourth-order valence-electron chi connectivity index (χ4n) is 3.99. The highest BCUT2D eigenvalue weighted by molar-refractivity contribution is 5.47. The van der Waals surface area contributed by atoms with Crippen molar-refractivity contribution in [1.29, 1.82) is 0 Å². The molecule has 1 nitrogen and oxygen atoms in total. The fourth-order valence-corrected chi connectivity index (χ4v) is 3.99. The number of allylic oxidation sites excluding steroid dienone is 2. The summed E-state index contributed by atoms with van der Waals surface area (Å²) in [7, 11) is 0. The highest BCUT2D eigenvalue weighted by Crippen LogP contribution is 2.51. The molecule has 0 saturated heterocycles. The van der Waals surface area contributed by atoms with E-state index in [9.17, 15) is 0 Å². The van der Waals surface area contributed by atoms with Crippen LogP contribution in [0.4, 0.5) is 0 Å². The maximum atomic E-state index is 6.40. The van der Waals surface area contributed by atoms with Crippen LogP contribution in [0.15, 0.2) is 29.8 Å². The summed E-state index contributed by atoms with van der Waals surface area (Å²) in [5.74, 6) is 2.27. The summed E-state index contributed by atoms with van der Waals surface area (Å²) in [6.45, 7) is 9.02. The van der Waals surface area contributed by atoms with E-state index >= 15 is 0 Å². The molecule has 0 spiro atoms. The van der Waals surface area contributed by atoms with Crippen molar-refractivity contribution in [1.82, 2.24) is 0 Å². The molecule has 0 aromatic heterocycles. The maximum absolute atomic E-state index is 6.40. The molecule has 0 radical (unpaired) electrons. The Balaban J connectivity index is 1.88. The van der Waals surface area contributed by atoms with E-state index in [1.807, 2.05) is 0 Å². The van der Waals surface area contributed by atoms with Crippen LogP contribution < -0.4 is 4.74 Å². The van der Waals surface area contributed by atoms with Crippen LogP contribution in [0, 0.1) is 5.92 Å². The van der Waals surface area contributed by atoms with Crippen molar-refractivity contribution in [2.75, 3.05) is 0 Å². The van der Waals surface area contributed by atoms with Gasteiger partial charge in [-0.05, 0) is 51.7 Å². The van der Waals surface area contributed by atoms with E-state index in [4.69, 9.17) is 4.74 Å². The minimum Gasteiger partial charge on any atom is -0.487 e. The first-order chi connectivity index (χ1) is 10.0. The van der Waals surface area contributed by atoms with E-state index in [0.29, 0.717) is 11.8 Å². The second kappa shape index (κ2) is 5.51. The first kappa shape index (κ1) is 14.7. The van der Waals surface area contributed by atoms with Gasteiger partial charge in [-0.3, -0.25) is 0 Å². The summed E-state index contributed by atoms with van der Waals surface area (Å²) in [6, 6.07) is 6.93. The zero-order valence-electron chi connectivity index (χ0n) is 13.9. The molecule has 114 valence electrons. The van der Waals surface area contributed by atoms with Crippen LogP contribution >= 0.6 is 0 Å². The molecule has 1 aromatic carbocycles. The molecule has 0 fully saturated rings. The van der Waals surface area contributed by atoms with E-state index in [-0.39, 0.29) is 5.60 Å². The van der Waals surface area contributed by atoms with Gasteiger partial charge in [0.15, 0.2) is 0 Å². The summed E-state index contributed by atoms with van der Waals surface area (Å²) in [4.78, 5) is 0. The molecule has 1 aliphatic heterocycles. The maximum Gasteiger partial charge on any atom is 0.124 e. The van der Waals surface area contributed by atoms with Gasteiger partial charge in [-0.25, -0.2) is 0 Å². The van der Waals surface area contributed by atoms with Gasteiger partial charge in [0.25, 0.3) is 0 Å². The SMILES string of the molecule is CCCCCc1ccc2c(c1)OC(C)(C)[C@@H]1CC(C)=CC21. The molecule has 2 atom stereocenters. The largest absolute Gasteiger partial charge is 0.487 e. The molecule has 1 heterocycles. The minimum atomic E-state index is -0.0615. The molecule has 0 amide bonds. The molecular formula is C20H28O. The molecule has 21 heavy (non-hydrogen) atoms. The lowest BCUT2D eigenvalue weighted by molar-refractivity contribution is 0.0233. The molecule has 1 aromatic rings. The fraction of sp³-hybridized carbons (Fsp3) is 0.600. The summed E-state index contributed by atoms with van der Waals surface area (Å²) < 4.78 is 6.40. The van der Waals surface area contributed by atoms with E-state index in [1.165, 1.54) is 48.8 Å². The number of unbranched alkanes of at least 4 members (excludes halogenated alkanes) is 2. The van der Waals surface area contributed by atoms with Gasteiger partial charge in [0, 0.05) is 17.4 Å². The summed E-state index contributed by atoms with van der Waals surface area (Å²) in [5.41, 5.74) is 4.28. The molecule has 2 aliphatic rings. The van der Waals surface area contributed by atoms with Crippen LogP contribution in [-0.4, -0.2) is 5.60 Å². The zero-order valence-corrected chi connectivity index (χ0v) is 13.9. The van der Waals surface area contributed by atoms with Gasteiger partial charge in [0.2, 0.25) is 0 Å². The highest BCUT2D eigenvalue weighted by Gasteiger charge is 2.45. The molecule has 0 N–H and O–H groups in total. The number of fused-ring (bicyclic) bond motifs is 3. The normalized spacial score (nSPS) is 25.8. The number of hydrogen-bond donors (Lipinski definition) is 0. The summed E-state index contributed by atoms with van der Waals surface area (Å²) in [6.07, 6.45) is 8.69. The lowest BCUT2D eigenvalue weighted by Gasteiger charge is -2.42. The van der Waals surface area contributed by atoms with Crippen LogP contribution in [0.5, 0.6) is 5.75 Å². The summed E-state index contributed by atoms with van der Waals surface area (Å²) in [5, 5.41) is 0. The average molecular weight is 284 g/mol. The summed E-state index contributed by atoms with van der Waals surface area (Å²) >= 11 is 0. The lowest BCUT2D eigenvalue weighted by atomic mass is 9.75. The molecule has 0 bridgehead atoms. The van der Waals surface area contributed by atoms with Crippen molar-refractivity contribution in [3.05, 3.63) is 41.0 Å². The van der Waals surface area contributed by atoms with Gasteiger partial charge in [0.05, 0.1) is 0 Å². The standard InChI is InChI=1S/C20H28O/c1-5-6-7-8-15-9-10-16-17-11-14(2)12-18(17)20(3,4)21-19(16)13-15/h9-11,13,17-18H,5-8,12H2,1-4H3/t17?,18-/m1/s1. The van der Waals surface area contributed by atoms with E-state index in [1.54, 1.807) is 0 Å². The number of rotatable bonds is 4. The molecule has 1 unspecified atom stereocenters. The van der Waals surface area contributed by atoms with Crippen molar-refractivity contribution in [2.45, 2.75) is 71.3 Å². The Labute approximate surface area is 129 Å². The highest BCUT2D eigenvalue weighted by atomic mass is 16.5. The van der Waals surface area contributed by atoms with Crippen LogP contribution in [0.3, 0.4) is 0 Å². The Kier molecular flexibility index (Phi) is 3.86. The van der Waals surface area contributed by atoms with Crippen LogP contribution in [0.1, 0.15) is 70.4 Å². The van der Waals surface area contributed by atoms with E-state index in [2.05, 4.69) is 52.0 Å². The Hall–Kier alpha value is -1.24. The molecule has 1 heteroatoms. The first-order valence-electron chi connectivity index (χ1n) is 8.50. The van der Waals surface area contributed by atoms with E-state index < -0.39 is 0 Å². The lowest BCUT2D eigenvalue weighted by Crippen LogP contribution is -2.42. The van der Waals surface area contributed by atoms with Crippen LogP contribution in [0.25, 0.3) is 0 Å². The van der Waals surface area contributed by atoms with Crippen LogP contribution in [0.2, 0.25) is 0 Å². The van der Waals surface area contributed by atoms with Crippen molar-refractivity contribution in [3.63, 3.8) is 0 Å². The number of aryl methyl sites for hydroxylation is 1. The third-order valence-electron chi connectivity index (χ3n) is 5.21. The second-order valence-corrected chi connectivity index (χ2v) is 7.38. The molecule has 1 aliphatic carbocycles. The van der Waals surface area contributed by atoms with E-state index in [0.717, 1.165) is 5.75 Å². The molecular weight excluding hydrogens is 256 g/mol. The monoisotopic (exact) mass is 284 g/mol. The van der Waals surface area contributed by atoms with Gasteiger partial charge < -0.3 is 4.74 Å². The molecule has 3 rings (SSSR count). The van der Waals surface area contributed by atoms with Crippen molar-refractivity contribution in [2.24, 2.45) is 5.92 Å². The topological polar surface area (TPSA) is 9.23 Å². The Morgan fingerprint density at radius 1 is 1.24 bits per heavy atom. The van der Waals surface area contributed by atoms with Gasteiger partial charge in [-0.15, -0.1) is 0 Å². The van der Waals surface area contributed by atoms with Crippen molar-refractivity contribution < 1.29 is 4.74 Å². The smallest absolute Gasteiger partial charge is 0.124 e. The Morgan fingerprint density at radius 2 is 2.05 bits per heavy atom. The third-order valence-corrected chi connectivity index (χ3v) is 5.21. The number of ether oxygens (including phenoxy) is 1. The van der Waals surface area contributed by atoms with Crippen molar-refractivity contribution in [3.8, 4) is 5.75 Å². The molecule has 0 saturated carbocycles. The number of hydrogen-bond acceptors (Lipinski definition) is 1. The third kappa shape index (κ3) is 2.75. The average Bonchev–Trinajstić information content (AvgIpc) is 2.81. The zero-order chi connectivity index (χ0) is 15.0. The van der Waals surface area contributed by atoms with Gasteiger partial charge in [0.1, 0.15) is 11.4 Å². The van der Waals surface area contributed by atoms with Gasteiger partial charge in [-0.2, -0.15) is 0 Å². The quantitative estimate of drug-likeness (QED) is 0.513. The second-order valence-electron chi connectivity index (χ2n) is 7.38. The predicted octanol–water partition coefficient (Wildman–Crippen LogP) is 5.64. The Bertz CT molecular complexity index is 553. The predicted molar refractivity (Wildman–Crippen MR) is 89.0 cm³/mol. The van der Waals surface area contributed by atoms with Crippen LogP contribution in [-0.2, 0) is 6.42 Å². The Morgan fingerprint density at radius 3 is 2.81 bits per heavy atom. The van der Waals surface area contributed by atoms with Gasteiger partial charge in [-0.1, -0.05) is 43.5 Å². The first-order valence-corrected chi connectivity index (χ1v) is 8.50. The van der Waals surface area contributed by atoms with Gasteiger partial charge >= 0.3 is 0 Å².